The first-order valence-electron chi connectivity index (χ1n) is 3.69. The van der Waals surface area contributed by atoms with E-state index < -0.39 is 9.84 Å². The predicted octanol–water partition coefficient (Wildman–Crippen LogP) is 0.747. The largest absolute Gasteiger partial charge is 0.244 e. The van der Waals surface area contributed by atoms with Gasteiger partial charge in [-0.3, -0.25) is 0 Å². The van der Waals surface area contributed by atoms with Crippen molar-refractivity contribution in [3.05, 3.63) is 24.0 Å². The predicted molar refractivity (Wildman–Crippen MR) is 46.7 cm³/mol. The van der Waals surface area contributed by atoms with Crippen molar-refractivity contribution in [2.45, 2.75) is 11.8 Å². The van der Waals surface area contributed by atoms with Crippen LogP contribution >= 0.6 is 0 Å². The van der Waals surface area contributed by atoms with Crippen LogP contribution in [0, 0.1) is 11.3 Å². The molecule has 4 nitrogen and oxygen atoms in total. The maximum atomic E-state index is 11.3. The van der Waals surface area contributed by atoms with E-state index in [9.17, 15) is 8.42 Å². The summed E-state index contributed by atoms with van der Waals surface area (Å²) >= 11 is 0. The quantitative estimate of drug-likeness (QED) is 0.699. The van der Waals surface area contributed by atoms with Gasteiger partial charge in [0, 0.05) is 6.20 Å². The molecule has 1 aromatic heterocycles. The minimum absolute atomic E-state index is 0.0422. The smallest absolute Gasteiger partial charge is 0.179 e. The zero-order valence-corrected chi connectivity index (χ0v) is 7.87. The highest BCUT2D eigenvalue weighted by Gasteiger charge is 2.10. The van der Waals surface area contributed by atoms with E-state index in [0.29, 0.717) is 0 Å². The molecular formula is C8H8N2O2S. The Morgan fingerprint density at radius 1 is 1.54 bits per heavy atom. The van der Waals surface area contributed by atoms with Crippen LogP contribution in [0.2, 0.25) is 0 Å². The molecule has 1 aromatic rings. The van der Waals surface area contributed by atoms with Gasteiger partial charge in [-0.2, -0.15) is 5.26 Å². The Bertz CT molecular complexity index is 428. The highest BCUT2D eigenvalue weighted by Crippen LogP contribution is 2.09. The number of hydrogen-bond acceptors (Lipinski definition) is 4. The van der Waals surface area contributed by atoms with Crippen molar-refractivity contribution in [1.29, 1.82) is 5.26 Å². The zero-order chi connectivity index (χ0) is 9.90. The highest BCUT2D eigenvalue weighted by molar-refractivity contribution is 7.91. The highest BCUT2D eigenvalue weighted by atomic mass is 32.2. The first-order chi connectivity index (χ1) is 6.10. The average Bonchev–Trinajstić information content (AvgIpc) is 2.18. The van der Waals surface area contributed by atoms with E-state index in [-0.39, 0.29) is 16.3 Å². The average molecular weight is 196 g/mol. The standard InChI is InChI=1S/C8H8N2O2S/c1-2-13(11,12)8-4-3-7(5-9)10-6-8/h3-4,6H,2H2,1H3. The van der Waals surface area contributed by atoms with E-state index in [4.69, 9.17) is 5.26 Å². The molecule has 0 unspecified atom stereocenters. The Morgan fingerprint density at radius 2 is 2.23 bits per heavy atom. The molecule has 0 amide bonds. The van der Waals surface area contributed by atoms with Crippen molar-refractivity contribution in [2.75, 3.05) is 5.75 Å². The van der Waals surface area contributed by atoms with Gasteiger partial charge in [-0.15, -0.1) is 0 Å². The molecule has 13 heavy (non-hydrogen) atoms. The fourth-order valence-electron chi connectivity index (χ4n) is 0.797. The molecule has 0 aromatic carbocycles. The zero-order valence-electron chi connectivity index (χ0n) is 7.06. The lowest BCUT2D eigenvalue weighted by atomic mass is 10.4. The van der Waals surface area contributed by atoms with Crippen molar-refractivity contribution in [3.8, 4) is 6.07 Å². The first-order valence-corrected chi connectivity index (χ1v) is 5.34. The van der Waals surface area contributed by atoms with Gasteiger partial charge in [-0.05, 0) is 12.1 Å². The molecule has 0 saturated carbocycles. The van der Waals surface area contributed by atoms with Crippen LogP contribution in [-0.2, 0) is 9.84 Å². The van der Waals surface area contributed by atoms with Gasteiger partial charge in [-0.25, -0.2) is 13.4 Å². The third-order valence-electron chi connectivity index (χ3n) is 1.59. The molecule has 0 N–H and O–H groups in total. The molecular weight excluding hydrogens is 188 g/mol. The van der Waals surface area contributed by atoms with Gasteiger partial charge in [0.25, 0.3) is 0 Å². The van der Waals surface area contributed by atoms with Crippen LogP contribution in [0.25, 0.3) is 0 Å². The second kappa shape index (κ2) is 3.54. The fraction of sp³-hybridized carbons (Fsp3) is 0.250. The van der Waals surface area contributed by atoms with Gasteiger partial charge in [0.2, 0.25) is 0 Å². The third-order valence-corrected chi connectivity index (χ3v) is 3.31. The number of hydrogen-bond donors (Lipinski definition) is 0. The Labute approximate surface area is 76.8 Å². The van der Waals surface area contributed by atoms with Crippen LogP contribution in [0.5, 0.6) is 0 Å². The van der Waals surface area contributed by atoms with Gasteiger partial charge >= 0.3 is 0 Å². The lowest BCUT2D eigenvalue weighted by molar-refractivity contribution is 0.597. The summed E-state index contributed by atoms with van der Waals surface area (Å²) in [5.74, 6) is 0.0422. The van der Waals surface area contributed by atoms with E-state index in [0.717, 1.165) is 0 Å². The van der Waals surface area contributed by atoms with E-state index >= 15 is 0 Å². The van der Waals surface area contributed by atoms with E-state index in [1.807, 2.05) is 6.07 Å². The van der Waals surface area contributed by atoms with Crippen LogP contribution in [0.4, 0.5) is 0 Å². The number of sulfone groups is 1. The molecule has 0 spiro atoms. The summed E-state index contributed by atoms with van der Waals surface area (Å²) in [5.41, 5.74) is 0.218. The summed E-state index contributed by atoms with van der Waals surface area (Å²) in [5, 5.41) is 8.43. The van der Waals surface area contributed by atoms with Gasteiger partial charge in [0.05, 0.1) is 10.6 Å². The van der Waals surface area contributed by atoms with E-state index in [1.54, 1.807) is 6.92 Å². The van der Waals surface area contributed by atoms with Crippen molar-refractivity contribution in [1.82, 2.24) is 4.98 Å². The Morgan fingerprint density at radius 3 is 2.62 bits per heavy atom. The topological polar surface area (TPSA) is 70.8 Å². The molecule has 0 fully saturated rings. The molecule has 68 valence electrons. The number of nitriles is 1. The van der Waals surface area contributed by atoms with Crippen molar-refractivity contribution in [2.24, 2.45) is 0 Å². The normalized spacial score (nSPS) is 10.8. The summed E-state index contributed by atoms with van der Waals surface area (Å²) in [6.45, 7) is 1.56. The number of nitrogens with zero attached hydrogens (tertiary/aromatic N) is 2. The summed E-state index contributed by atoms with van der Waals surface area (Å²) in [4.78, 5) is 3.83. The van der Waals surface area contributed by atoms with Crippen molar-refractivity contribution < 1.29 is 8.42 Å². The van der Waals surface area contributed by atoms with Crippen LogP contribution in [0.1, 0.15) is 12.6 Å². The van der Waals surface area contributed by atoms with Crippen molar-refractivity contribution in [3.63, 3.8) is 0 Å². The summed E-state index contributed by atoms with van der Waals surface area (Å²) in [6, 6.07) is 4.60. The first kappa shape index (κ1) is 9.68. The Kier molecular flexibility index (Phi) is 2.63. The van der Waals surface area contributed by atoms with Gasteiger partial charge < -0.3 is 0 Å². The van der Waals surface area contributed by atoms with Gasteiger partial charge in [-0.1, -0.05) is 6.92 Å². The number of aromatic nitrogens is 1. The lowest BCUT2D eigenvalue weighted by Gasteiger charge is -1.98. The SMILES string of the molecule is CCS(=O)(=O)c1ccc(C#N)nc1. The molecule has 1 heterocycles. The Balaban J connectivity index is 3.15. The van der Waals surface area contributed by atoms with Gasteiger partial charge in [0.15, 0.2) is 9.84 Å². The lowest BCUT2D eigenvalue weighted by Crippen LogP contribution is -2.04. The second-order valence-corrected chi connectivity index (χ2v) is 4.67. The molecule has 0 atom stereocenters. The fourth-order valence-corrected chi connectivity index (χ4v) is 1.62. The minimum atomic E-state index is -3.20. The van der Waals surface area contributed by atoms with Crippen LogP contribution < -0.4 is 0 Å². The van der Waals surface area contributed by atoms with Crippen LogP contribution in [0.3, 0.4) is 0 Å². The summed E-state index contributed by atoms with van der Waals surface area (Å²) in [7, 11) is -3.20. The maximum absolute atomic E-state index is 11.3. The second-order valence-electron chi connectivity index (χ2n) is 2.39. The Hall–Kier alpha value is -1.41. The number of pyridine rings is 1. The monoisotopic (exact) mass is 196 g/mol. The molecule has 0 saturated heterocycles. The molecule has 5 heteroatoms. The molecule has 0 aliphatic rings. The van der Waals surface area contributed by atoms with Crippen molar-refractivity contribution >= 4 is 9.84 Å². The maximum Gasteiger partial charge on any atom is 0.179 e. The third kappa shape index (κ3) is 2.04. The van der Waals surface area contributed by atoms with E-state index in [2.05, 4.69) is 4.98 Å². The van der Waals surface area contributed by atoms with Crippen LogP contribution in [-0.4, -0.2) is 19.2 Å². The summed E-state index contributed by atoms with van der Waals surface area (Å²) in [6.07, 6.45) is 1.21. The molecule has 0 radical (unpaired) electrons. The van der Waals surface area contributed by atoms with Gasteiger partial charge in [0.1, 0.15) is 11.8 Å². The van der Waals surface area contributed by atoms with E-state index in [1.165, 1.54) is 18.3 Å². The molecule has 0 aliphatic carbocycles. The minimum Gasteiger partial charge on any atom is -0.244 e. The summed E-state index contributed by atoms with van der Waals surface area (Å²) < 4.78 is 22.6. The number of rotatable bonds is 2. The molecule has 1 rings (SSSR count). The molecule has 0 aliphatic heterocycles. The van der Waals surface area contributed by atoms with Crippen LogP contribution in [0.15, 0.2) is 23.2 Å². The molecule has 0 bridgehead atoms.